The highest BCUT2D eigenvalue weighted by molar-refractivity contribution is 5.96. The molecule has 0 aliphatic carbocycles. The van der Waals surface area contributed by atoms with E-state index < -0.39 is 18.4 Å². The van der Waals surface area contributed by atoms with Crippen molar-refractivity contribution in [3.8, 4) is 0 Å². The third-order valence-corrected chi connectivity index (χ3v) is 17.0. The van der Waals surface area contributed by atoms with Gasteiger partial charge in [-0.2, -0.15) is 0 Å². The van der Waals surface area contributed by atoms with Crippen LogP contribution in [0.5, 0.6) is 0 Å². The van der Waals surface area contributed by atoms with Crippen molar-refractivity contribution >= 4 is 41.2 Å². The van der Waals surface area contributed by atoms with Crippen molar-refractivity contribution in [2.45, 2.75) is 87.9 Å². The Morgan fingerprint density at radius 3 is 1.08 bits per heavy atom. The lowest BCUT2D eigenvalue weighted by molar-refractivity contribution is 0.0515. The highest BCUT2D eigenvalue weighted by Gasteiger charge is 2.40. The van der Waals surface area contributed by atoms with Crippen molar-refractivity contribution in [2.75, 3.05) is 69.7 Å². The number of urea groups is 2. The molecule has 0 saturated carbocycles. The number of halogens is 2. The number of benzene rings is 5. The summed E-state index contributed by atoms with van der Waals surface area (Å²) in [6, 6.07) is 41.9. The van der Waals surface area contributed by atoms with E-state index in [4.69, 9.17) is 14.6 Å². The number of nitrogens with zero attached hydrogens (tertiary/aromatic N) is 8. The number of aromatic nitrogens is 6. The van der Waals surface area contributed by atoms with Crippen LogP contribution in [-0.4, -0.2) is 134 Å². The highest BCUT2D eigenvalue weighted by Crippen LogP contribution is 2.41. The Hall–Kier alpha value is -9.73. The van der Waals surface area contributed by atoms with Crippen molar-refractivity contribution in [2.24, 2.45) is 0 Å². The lowest BCUT2D eigenvalue weighted by atomic mass is 9.70. The number of aliphatic hydroxyl groups excluding tert-OH is 1. The van der Waals surface area contributed by atoms with Crippen LogP contribution in [0.2, 0.25) is 0 Å². The predicted octanol–water partition coefficient (Wildman–Crippen LogP) is 10.7. The van der Waals surface area contributed by atoms with Crippen LogP contribution in [0.25, 0.3) is 0 Å². The van der Waals surface area contributed by atoms with Crippen LogP contribution >= 0.6 is 0 Å². The van der Waals surface area contributed by atoms with E-state index in [9.17, 15) is 32.8 Å². The fourth-order valence-corrected chi connectivity index (χ4v) is 11.9. The van der Waals surface area contributed by atoms with Crippen LogP contribution in [-0.2, 0) is 45.0 Å². The van der Waals surface area contributed by atoms with Gasteiger partial charge in [-0.15, -0.1) is 0 Å². The fourth-order valence-electron chi connectivity index (χ4n) is 11.9. The zero-order chi connectivity index (χ0) is 64.1. The summed E-state index contributed by atoms with van der Waals surface area (Å²) in [5.41, 5.74) is 5.34. The van der Waals surface area contributed by atoms with Crippen LogP contribution < -0.4 is 16.0 Å². The smallest absolute Gasteiger partial charge is 0.341 e. The average molecular weight is 1240 g/mol. The minimum Gasteiger partial charge on any atom is -0.462 e. The summed E-state index contributed by atoms with van der Waals surface area (Å²) in [6.07, 6.45) is 16.0. The molecule has 4 amide bonds. The first-order chi connectivity index (χ1) is 44.2. The highest BCUT2D eigenvalue weighted by atomic mass is 19.1. The van der Waals surface area contributed by atoms with Gasteiger partial charge in [-0.3, -0.25) is 4.79 Å². The molecule has 19 nitrogen and oxygen atoms in total. The van der Waals surface area contributed by atoms with Gasteiger partial charge in [-0.1, -0.05) is 91.0 Å². The fraction of sp³-hybridized carbons (Fsp3) is 0.329. The van der Waals surface area contributed by atoms with Crippen molar-refractivity contribution in [3.05, 3.63) is 239 Å². The van der Waals surface area contributed by atoms with E-state index >= 15 is 0 Å². The summed E-state index contributed by atoms with van der Waals surface area (Å²) in [5.74, 6) is 0.0963. The first kappa shape index (κ1) is 65.7. The van der Waals surface area contributed by atoms with Crippen LogP contribution in [0.15, 0.2) is 177 Å². The molecule has 3 saturated heterocycles. The number of Topliss-reactive ketones (excluding diaryl/α,β-unsaturated/α-hetero) is 1. The molecule has 0 unspecified atom stereocenters. The summed E-state index contributed by atoms with van der Waals surface area (Å²) in [4.78, 5) is 90.7. The molecule has 21 heteroatoms. The largest absolute Gasteiger partial charge is 0.462 e. The normalized spacial score (nSPS) is 15.4. The van der Waals surface area contributed by atoms with E-state index in [0.717, 1.165) is 56.6 Å². The molecule has 3 aliphatic heterocycles. The molecule has 3 fully saturated rings. The molecule has 3 aliphatic rings. The van der Waals surface area contributed by atoms with Crippen molar-refractivity contribution in [1.82, 2.24) is 45.0 Å². The Bertz CT molecular complexity index is 3630. The molecule has 3 aromatic heterocycles. The van der Waals surface area contributed by atoms with Gasteiger partial charge in [0.05, 0.1) is 29.9 Å². The van der Waals surface area contributed by atoms with Crippen LogP contribution in [0, 0.1) is 11.6 Å². The lowest BCUT2D eigenvalue weighted by Crippen LogP contribution is -2.47. The molecular weight excluding hydrogens is 1160 g/mol. The third-order valence-electron chi connectivity index (χ3n) is 17.0. The van der Waals surface area contributed by atoms with E-state index in [1.807, 2.05) is 42.5 Å². The molecule has 91 heavy (non-hydrogen) atoms. The maximum atomic E-state index is 13.1. The van der Waals surface area contributed by atoms with Gasteiger partial charge in [-0.25, -0.2) is 57.9 Å². The Morgan fingerprint density at radius 2 is 0.769 bits per heavy atom. The van der Waals surface area contributed by atoms with Crippen LogP contribution in [0.3, 0.4) is 0 Å². The first-order valence-corrected chi connectivity index (χ1v) is 30.6. The molecule has 5 aromatic carbocycles. The zero-order valence-corrected chi connectivity index (χ0v) is 51.1. The number of amides is 4. The van der Waals surface area contributed by atoms with E-state index in [1.54, 1.807) is 48.2 Å². The monoisotopic (exact) mass is 1240 g/mol. The first-order valence-electron chi connectivity index (χ1n) is 30.6. The molecule has 6 heterocycles. The average Bonchev–Trinajstić information content (AvgIpc) is 1.64. The van der Waals surface area contributed by atoms with Gasteiger partial charge in [0.25, 0.3) is 0 Å². The number of aliphatic hydroxyl groups is 1. The summed E-state index contributed by atoms with van der Waals surface area (Å²) >= 11 is 0. The van der Waals surface area contributed by atoms with Crippen LogP contribution in [0.4, 0.5) is 29.7 Å². The molecule has 472 valence electrons. The minimum absolute atomic E-state index is 0.0535. The van der Waals surface area contributed by atoms with E-state index in [0.29, 0.717) is 99.2 Å². The molecule has 0 bridgehead atoms. The third kappa shape index (κ3) is 17.6. The van der Waals surface area contributed by atoms with Gasteiger partial charge in [0.2, 0.25) is 0 Å². The number of likely N-dealkylation sites (tertiary alicyclic amines) is 2. The van der Waals surface area contributed by atoms with Gasteiger partial charge in [0.1, 0.15) is 35.7 Å². The number of piperidine rings is 3. The summed E-state index contributed by atoms with van der Waals surface area (Å²) < 4.78 is 36.3. The summed E-state index contributed by atoms with van der Waals surface area (Å²) in [5, 5.41) is 18.1. The van der Waals surface area contributed by atoms with Crippen molar-refractivity contribution in [1.29, 1.82) is 0 Å². The predicted molar refractivity (Wildman–Crippen MR) is 339 cm³/mol. The number of nitrogens with one attached hydrogen (secondary N) is 3. The molecule has 4 N–H and O–H groups in total. The lowest BCUT2D eigenvalue weighted by Gasteiger charge is -2.42. The van der Waals surface area contributed by atoms with Gasteiger partial charge in [-0.05, 0) is 131 Å². The molecule has 0 spiro atoms. The second-order valence-corrected chi connectivity index (χ2v) is 22.8. The van der Waals surface area contributed by atoms with Gasteiger partial charge in [0, 0.05) is 110 Å². The standard InChI is InChI=1S/C26H27FN4O3.C25H25FN4O3.C19H23N3O2/c1-2-34-24(32)19-17-28-23(29-18-19)16-26(20-6-4-3-5-7-20)12-14-31(15-13-26)25(33)30-22-10-8-21(27)9-11-22;26-20-6-8-21(9-7-20)29-24(33)30-12-10-25(11-13-30,19-4-2-1-3-5-19)14-23-27-15-18(16-28-23)22(32)17-31;1-2-24-18(23)15-13-21-17(22-14-15)12-19(8-10-20-11-9-19)16-6-4-3-5-7-16/h3-11,17-18H,2,12-16H2,1H3,(H,30,33);1-9,15-16,31H,10-14,17H2,(H,29,33);3-7,13-14,20H,2,8-12H2,1H3. The summed E-state index contributed by atoms with van der Waals surface area (Å²) in [6.45, 7) is 7.81. The maximum absolute atomic E-state index is 13.1. The molecule has 0 atom stereocenters. The Morgan fingerprint density at radius 1 is 0.462 bits per heavy atom. The van der Waals surface area contributed by atoms with Gasteiger partial charge >= 0.3 is 24.0 Å². The van der Waals surface area contributed by atoms with Crippen molar-refractivity contribution in [3.63, 3.8) is 0 Å². The Labute approximate surface area is 528 Å². The second-order valence-electron chi connectivity index (χ2n) is 22.8. The zero-order valence-electron chi connectivity index (χ0n) is 51.1. The Kier molecular flexibility index (Phi) is 22.8. The SMILES string of the molecule is CCOC(=O)c1cnc(CC2(c3ccccc3)CCN(C(=O)Nc3ccc(F)cc3)CC2)nc1.CCOC(=O)c1cnc(CC2(c3ccccc3)CCNCC2)nc1.O=C(CO)c1cnc(CC2(c3ccccc3)CCN(C(=O)Nc3ccc(F)cc3)CC2)nc1. The van der Waals surface area contributed by atoms with E-state index in [1.165, 1.54) is 72.3 Å². The summed E-state index contributed by atoms with van der Waals surface area (Å²) in [7, 11) is 0. The number of hydrogen-bond acceptors (Lipinski definition) is 15. The molecular formula is C70H75F2N11O8. The number of esters is 2. The maximum Gasteiger partial charge on any atom is 0.341 e. The quantitative estimate of drug-likeness (QED) is 0.0489. The number of hydrogen-bond donors (Lipinski definition) is 4. The number of carbonyl (C=O) groups excluding carboxylic acids is 5. The van der Waals surface area contributed by atoms with Gasteiger partial charge in [0.15, 0.2) is 5.78 Å². The topological polar surface area (TPSA) is 244 Å². The number of ketones is 1. The number of rotatable bonds is 17. The Balaban J connectivity index is 0.000000164. The second kappa shape index (κ2) is 31.6. The van der Waals surface area contributed by atoms with Crippen LogP contribution in [0.1, 0.15) is 118 Å². The van der Waals surface area contributed by atoms with E-state index in [-0.39, 0.29) is 51.5 Å². The van der Waals surface area contributed by atoms with Crippen molar-refractivity contribution < 1.29 is 47.3 Å². The molecule has 0 radical (unpaired) electrons. The van der Waals surface area contributed by atoms with Gasteiger partial charge < -0.3 is 40.3 Å². The van der Waals surface area contributed by atoms with E-state index in [2.05, 4.69) is 94.4 Å². The molecule has 11 rings (SSSR count). The number of ether oxygens (including phenoxy) is 2. The minimum atomic E-state index is -0.577. The molecule has 8 aromatic rings. The number of carbonyl (C=O) groups is 5. The number of anilines is 2.